The second-order valence-electron chi connectivity index (χ2n) is 5.75. The predicted octanol–water partition coefficient (Wildman–Crippen LogP) is 4.88. The quantitative estimate of drug-likeness (QED) is 0.727. The summed E-state index contributed by atoms with van der Waals surface area (Å²) < 4.78 is 1.31. The first-order valence-electron chi connectivity index (χ1n) is 6.88. The fourth-order valence-electron chi connectivity index (χ4n) is 2.68. The maximum absolute atomic E-state index is 6.62. The van der Waals surface area contributed by atoms with E-state index in [1.54, 1.807) is 11.3 Å². The lowest BCUT2D eigenvalue weighted by molar-refractivity contribution is 0.423. The molecule has 0 radical (unpaired) electrons. The van der Waals surface area contributed by atoms with Crippen molar-refractivity contribution in [1.82, 2.24) is 0 Å². The van der Waals surface area contributed by atoms with Crippen LogP contribution in [0.25, 0.3) is 10.1 Å². The van der Waals surface area contributed by atoms with E-state index in [0.717, 1.165) is 0 Å². The van der Waals surface area contributed by atoms with Crippen molar-refractivity contribution in [1.29, 1.82) is 0 Å². The molecule has 0 aliphatic carbocycles. The molecule has 3 aromatic rings. The molecule has 0 amide bonds. The van der Waals surface area contributed by atoms with Crippen LogP contribution in [-0.4, -0.2) is 0 Å². The van der Waals surface area contributed by atoms with Crippen molar-refractivity contribution in [2.45, 2.75) is 25.3 Å². The van der Waals surface area contributed by atoms with E-state index in [9.17, 15) is 0 Å². The largest absolute Gasteiger partial charge is 0.323 e. The molecule has 2 heteroatoms. The van der Waals surface area contributed by atoms with E-state index in [2.05, 4.69) is 67.8 Å². The van der Waals surface area contributed by atoms with Crippen LogP contribution in [0.2, 0.25) is 0 Å². The SMILES string of the molecule is CC(C)(c1ccccc1)C(N)c1csc2ccccc12. The topological polar surface area (TPSA) is 26.0 Å². The van der Waals surface area contributed by atoms with Gasteiger partial charge in [0.2, 0.25) is 0 Å². The van der Waals surface area contributed by atoms with Crippen molar-refractivity contribution in [2.24, 2.45) is 5.73 Å². The molecule has 0 aliphatic heterocycles. The summed E-state index contributed by atoms with van der Waals surface area (Å²) in [5.74, 6) is 0. The summed E-state index contributed by atoms with van der Waals surface area (Å²) in [5, 5.41) is 3.49. The molecule has 102 valence electrons. The Morgan fingerprint density at radius 3 is 2.35 bits per heavy atom. The Kier molecular flexibility index (Phi) is 3.36. The second kappa shape index (κ2) is 5.04. The summed E-state index contributed by atoms with van der Waals surface area (Å²) in [6.07, 6.45) is 0. The minimum Gasteiger partial charge on any atom is -0.323 e. The van der Waals surface area contributed by atoms with Gasteiger partial charge < -0.3 is 5.73 Å². The second-order valence-corrected chi connectivity index (χ2v) is 6.66. The first-order valence-corrected chi connectivity index (χ1v) is 7.76. The van der Waals surface area contributed by atoms with E-state index >= 15 is 0 Å². The smallest absolute Gasteiger partial charge is 0.0402 e. The molecule has 1 nitrogen and oxygen atoms in total. The Balaban J connectivity index is 2.06. The normalized spacial score (nSPS) is 13.6. The van der Waals surface area contributed by atoms with E-state index in [4.69, 9.17) is 5.73 Å². The highest BCUT2D eigenvalue weighted by Crippen LogP contribution is 2.39. The maximum atomic E-state index is 6.62. The molecule has 1 atom stereocenters. The van der Waals surface area contributed by atoms with Crippen LogP contribution in [0.4, 0.5) is 0 Å². The minimum atomic E-state index is -0.0922. The van der Waals surface area contributed by atoms with Crippen molar-refractivity contribution >= 4 is 21.4 Å². The van der Waals surface area contributed by atoms with Gasteiger partial charge in [0.25, 0.3) is 0 Å². The van der Waals surface area contributed by atoms with Crippen LogP contribution in [-0.2, 0) is 5.41 Å². The Morgan fingerprint density at radius 1 is 0.950 bits per heavy atom. The number of rotatable bonds is 3. The van der Waals surface area contributed by atoms with E-state index in [1.807, 2.05) is 6.07 Å². The van der Waals surface area contributed by atoms with Gasteiger partial charge in [0.1, 0.15) is 0 Å². The van der Waals surface area contributed by atoms with Crippen LogP contribution in [0.15, 0.2) is 60.0 Å². The fourth-order valence-corrected chi connectivity index (χ4v) is 3.67. The maximum Gasteiger partial charge on any atom is 0.0402 e. The first kappa shape index (κ1) is 13.3. The molecule has 1 aromatic heterocycles. The number of hydrogen-bond donors (Lipinski definition) is 1. The van der Waals surface area contributed by atoms with Gasteiger partial charge in [-0.25, -0.2) is 0 Å². The van der Waals surface area contributed by atoms with Crippen LogP contribution in [0.5, 0.6) is 0 Å². The molecule has 1 unspecified atom stereocenters. The molecule has 0 bridgehead atoms. The van der Waals surface area contributed by atoms with E-state index in [1.165, 1.54) is 21.2 Å². The Labute approximate surface area is 124 Å². The minimum absolute atomic E-state index is 0.0129. The molecular weight excluding hydrogens is 262 g/mol. The molecule has 1 heterocycles. The highest BCUT2D eigenvalue weighted by atomic mass is 32.1. The fraction of sp³-hybridized carbons (Fsp3) is 0.222. The van der Waals surface area contributed by atoms with Gasteiger partial charge in [-0.15, -0.1) is 11.3 Å². The summed E-state index contributed by atoms with van der Waals surface area (Å²) in [5.41, 5.74) is 9.06. The van der Waals surface area contributed by atoms with Gasteiger partial charge in [0.05, 0.1) is 0 Å². The molecule has 2 aromatic carbocycles. The highest BCUT2D eigenvalue weighted by Gasteiger charge is 2.30. The van der Waals surface area contributed by atoms with Crippen molar-refractivity contribution < 1.29 is 0 Å². The summed E-state index contributed by atoms with van der Waals surface area (Å²) in [4.78, 5) is 0. The third kappa shape index (κ3) is 2.15. The van der Waals surface area contributed by atoms with Gasteiger partial charge in [-0.2, -0.15) is 0 Å². The van der Waals surface area contributed by atoms with Crippen LogP contribution >= 0.6 is 11.3 Å². The zero-order valence-corrected chi connectivity index (χ0v) is 12.7. The van der Waals surface area contributed by atoms with Gasteiger partial charge in [-0.1, -0.05) is 62.4 Å². The summed E-state index contributed by atoms with van der Waals surface area (Å²) in [6, 6.07) is 19.0. The predicted molar refractivity (Wildman–Crippen MR) is 88.2 cm³/mol. The molecule has 0 aliphatic rings. The Hall–Kier alpha value is -1.64. The van der Waals surface area contributed by atoms with Crippen LogP contribution in [0.3, 0.4) is 0 Å². The number of benzene rings is 2. The van der Waals surface area contributed by atoms with Crippen LogP contribution in [0.1, 0.15) is 31.0 Å². The van der Waals surface area contributed by atoms with Crippen molar-refractivity contribution in [3.05, 3.63) is 71.1 Å². The van der Waals surface area contributed by atoms with Gasteiger partial charge in [0, 0.05) is 16.2 Å². The zero-order valence-electron chi connectivity index (χ0n) is 11.8. The van der Waals surface area contributed by atoms with E-state index in [0.29, 0.717) is 0 Å². The average Bonchev–Trinajstić information content (AvgIpc) is 2.91. The molecule has 0 saturated heterocycles. The molecule has 0 fully saturated rings. The van der Waals surface area contributed by atoms with Gasteiger partial charge in [-0.3, -0.25) is 0 Å². The summed E-state index contributed by atoms with van der Waals surface area (Å²) in [6.45, 7) is 4.44. The van der Waals surface area contributed by atoms with Gasteiger partial charge >= 0.3 is 0 Å². The summed E-state index contributed by atoms with van der Waals surface area (Å²) >= 11 is 1.77. The van der Waals surface area contributed by atoms with E-state index < -0.39 is 0 Å². The lowest BCUT2D eigenvalue weighted by Crippen LogP contribution is -2.32. The monoisotopic (exact) mass is 281 g/mol. The molecule has 20 heavy (non-hydrogen) atoms. The number of hydrogen-bond acceptors (Lipinski definition) is 2. The first-order chi connectivity index (χ1) is 9.60. The van der Waals surface area contributed by atoms with E-state index in [-0.39, 0.29) is 11.5 Å². The van der Waals surface area contributed by atoms with Crippen molar-refractivity contribution in [2.75, 3.05) is 0 Å². The lowest BCUT2D eigenvalue weighted by atomic mass is 9.75. The zero-order chi connectivity index (χ0) is 14.2. The third-order valence-electron chi connectivity index (χ3n) is 4.14. The van der Waals surface area contributed by atoms with Crippen molar-refractivity contribution in [3.63, 3.8) is 0 Å². The number of fused-ring (bicyclic) bond motifs is 1. The molecule has 0 saturated carbocycles. The number of nitrogens with two attached hydrogens (primary N) is 1. The molecule has 2 N–H and O–H groups in total. The van der Waals surface area contributed by atoms with Crippen LogP contribution < -0.4 is 5.73 Å². The standard InChI is InChI=1S/C18H19NS/c1-18(2,13-8-4-3-5-9-13)17(19)15-12-20-16-11-7-6-10-14(15)16/h3-12,17H,19H2,1-2H3. The Morgan fingerprint density at radius 2 is 1.60 bits per heavy atom. The van der Waals surface area contributed by atoms with Gasteiger partial charge in [0.15, 0.2) is 0 Å². The lowest BCUT2D eigenvalue weighted by Gasteiger charge is -2.32. The van der Waals surface area contributed by atoms with Gasteiger partial charge in [-0.05, 0) is 28.0 Å². The third-order valence-corrected chi connectivity index (χ3v) is 5.12. The molecular formula is C18H19NS. The molecule has 0 spiro atoms. The Bertz CT molecular complexity index is 712. The highest BCUT2D eigenvalue weighted by molar-refractivity contribution is 7.17. The summed E-state index contributed by atoms with van der Waals surface area (Å²) in [7, 11) is 0. The van der Waals surface area contributed by atoms with Crippen LogP contribution in [0, 0.1) is 0 Å². The number of thiophene rings is 1. The van der Waals surface area contributed by atoms with Crippen molar-refractivity contribution in [3.8, 4) is 0 Å². The molecule has 3 rings (SSSR count). The average molecular weight is 281 g/mol.